The molecule has 0 saturated heterocycles. The molecule has 0 aliphatic carbocycles. The van der Waals surface area contributed by atoms with Gasteiger partial charge < -0.3 is 10.4 Å². The van der Waals surface area contributed by atoms with Crippen molar-refractivity contribution in [2.45, 2.75) is 46.0 Å². The molecule has 0 spiro atoms. The van der Waals surface area contributed by atoms with Gasteiger partial charge in [-0.15, -0.1) is 0 Å². The van der Waals surface area contributed by atoms with Gasteiger partial charge in [0.25, 0.3) is 0 Å². The van der Waals surface area contributed by atoms with Crippen molar-refractivity contribution in [3.63, 3.8) is 0 Å². The lowest BCUT2D eigenvalue weighted by molar-refractivity contribution is -0.131. The minimum absolute atomic E-state index is 0.651. The highest BCUT2D eigenvalue weighted by molar-refractivity contribution is 5.79. The fraction of sp³-hybridized carbons (Fsp3) is 0.769. The Balaban J connectivity index is 3.07. The van der Waals surface area contributed by atoms with E-state index >= 15 is 0 Å². The number of carboxylic acid groups (broad SMARTS) is 1. The summed E-state index contributed by atoms with van der Waals surface area (Å²) in [4.78, 5) is 10.1. The van der Waals surface area contributed by atoms with Gasteiger partial charge in [-0.05, 0) is 18.9 Å². The van der Waals surface area contributed by atoms with E-state index in [0.29, 0.717) is 6.54 Å². The lowest BCUT2D eigenvalue weighted by atomic mass is 10.0. The molecule has 0 unspecified atom stereocenters. The molecule has 3 heteroatoms. The third-order valence-corrected chi connectivity index (χ3v) is 2.41. The number of rotatable bonds is 10. The summed E-state index contributed by atoms with van der Waals surface area (Å²) in [5.74, 6) is -0.0604. The molecule has 0 saturated carbocycles. The smallest absolute Gasteiger partial charge is 0.328 e. The van der Waals surface area contributed by atoms with Crippen molar-refractivity contribution in [3.8, 4) is 0 Å². The molecule has 94 valence electrons. The van der Waals surface area contributed by atoms with Crippen molar-refractivity contribution in [1.82, 2.24) is 5.32 Å². The highest BCUT2D eigenvalue weighted by atomic mass is 16.4. The number of nitrogens with one attached hydrogen (secondary N) is 1. The van der Waals surface area contributed by atoms with E-state index in [9.17, 15) is 4.79 Å². The Kier molecular flexibility index (Phi) is 10.1. The third kappa shape index (κ3) is 13.2. The van der Waals surface area contributed by atoms with Crippen LogP contribution >= 0.6 is 0 Å². The van der Waals surface area contributed by atoms with Gasteiger partial charge in [-0.2, -0.15) is 0 Å². The second kappa shape index (κ2) is 10.7. The average molecular weight is 227 g/mol. The van der Waals surface area contributed by atoms with Crippen LogP contribution in [0, 0.1) is 5.92 Å². The number of hydrogen-bond acceptors (Lipinski definition) is 2. The van der Waals surface area contributed by atoms with Crippen LogP contribution in [0.25, 0.3) is 0 Å². The first kappa shape index (κ1) is 15.2. The monoisotopic (exact) mass is 227 g/mol. The Bertz CT molecular complexity index is 200. The number of unbranched alkanes of at least 4 members (excludes halogenated alkanes) is 3. The summed E-state index contributed by atoms with van der Waals surface area (Å²) >= 11 is 0. The van der Waals surface area contributed by atoms with Gasteiger partial charge in [0.1, 0.15) is 0 Å². The molecule has 0 amide bonds. The summed E-state index contributed by atoms with van der Waals surface area (Å²) in [7, 11) is 0. The maximum atomic E-state index is 10.1. The summed E-state index contributed by atoms with van der Waals surface area (Å²) in [6.07, 6.45) is 9.23. The molecule has 2 N–H and O–H groups in total. The van der Waals surface area contributed by atoms with Gasteiger partial charge in [0.05, 0.1) is 0 Å². The van der Waals surface area contributed by atoms with Crippen LogP contribution in [0.5, 0.6) is 0 Å². The molecule has 0 aromatic carbocycles. The Morgan fingerprint density at radius 3 is 2.56 bits per heavy atom. The summed E-state index contributed by atoms with van der Waals surface area (Å²) in [6.45, 7) is 6.15. The lowest BCUT2D eigenvalue weighted by Crippen LogP contribution is -2.15. The molecule has 3 nitrogen and oxygen atoms in total. The lowest BCUT2D eigenvalue weighted by Gasteiger charge is -2.04. The molecule has 0 bridgehead atoms. The van der Waals surface area contributed by atoms with E-state index in [0.717, 1.165) is 12.5 Å². The first-order chi connectivity index (χ1) is 7.63. The Morgan fingerprint density at radius 1 is 1.25 bits per heavy atom. The van der Waals surface area contributed by atoms with Crippen molar-refractivity contribution in [2.75, 3.05) is 13.1 Å². The van der Waals surface area contributed by atoms with Gasteiger partial charge in [0.15, 0.2) is 0 Å². The van der Waals surface area contributed by atoms with Crippen molar-refractivity contribution in [2.24, 2.45) is 5.92 Å². The highest BCUT2D eigenvalue weighted by Gasteiger charge is 1.94. The molecule has 0 heterocycles. The average Bonchev–Trinajstić information content (AvgIpc) is 2.20. The molecular formula is C13H25NO2. The van der Waals surface area contributed by atoms with Gasteiger partial charge >= 0.3 is 5.97 Å². The minimum Gasteiger partial charge on any atom is -0.478 e. The Labute approximate surface area is 98.9 Å². The van der Waals surface area contributed by atoms with E-state index in [1.54, 1.807) is 6.08 Å². The third-order valence-electron chi connectivity index (χ3n) is 2.41. The van der Waals surface area contributed by atoms with E-state index in [4.69, 9.17) is 5.11 Å². The fourth-order valence-electron chi connectivity index (χ4n) is 1.50. The van der Waals surface area contributed by atoms with Crippen LogP contribution in [0.15, 0.2) is 12.2 Å². The van der Waals surface area contributed by atoms with E-state index < -0.39 is 5.97 Å². The van der Waals surface area contributed by atoms with Crippen LogP contribution < -0.4 is 5.32 Å². The summed E-state index contributed by atoms with van der Waals surface area (Å²) in [5, 5.41) is 11.5. The summed E-state index contributed by atoms with van der Waals surface area (Å²) in [5.41, 5.74) is 0. The minimum atomic E-state index is -0.879. The largest absolute Gasteiger partial charge is 0.478 e. The topological polar surface area (TPSA) is 49.3 Å². The Morgan fingerprint density at radius 2 is 1.94 bits per heavy atom. The van der Waals surface area contributed by atoms with Gasteiger partial charge in [0.2, 0.25) is 0 Å². The van der Waals surface area contributed by atoms with Crippen molar-refractivity contribution >= 4 is 5.97 Å². The summed E-state index contributed by atoms with van der Waals surface area (Å²) < 4.78 is 0. The van der Waals surface area contributed by atoms with Crippen LogP contribution in [-0.4, -0.2) is 24.2 Å². The fourth-order valence-corrected chi connectivity index (χ4v) is 1.50. The second-order valence-electron chi connectivity index (χ2n) is 4.54. The molecule has 0 aliphatic heterocycles. The number of carboxylic acids is 1. The molecule has 0 radical (unpaired) electrons. The standard InChI is InChI=1S/C13H25NO2/c1-12(2)8-5-3-4-6-10-14-11-7-9-13(15)16/h7,9,12,14H,3-6,8,10-11H2,1-2H3,(H,15,16)/b9-7+. The second-order valence-corrected chi connectivity index (χ2v) is 4.54. The molecular weight excluding hydrogens is 202 g/mol. The van der Waals surface area contributed by atoms with E-state index in [-0.39, 0.29) is 0 Å². The van der Waals surface area contributed by atoms with Gasteiger partial charge in [-0.1, -0.05) is 45.6 Å². The van der Waals surface area contributed by atoms with Crippen LogP contribution in [0.3, 0.4) is 0 Å². The van der Waals surface area contributed by atoms with Crippen molar-refractivity contribution in [1.29, 1.82) is 0 Å². The van der Waals surface area contributed by atoms with Gasteiger partial charge in [-0.25, -0.2) is 4.79 Å². The molecule has 0 atom stereocenters. The van der Waals surface area contributed by atoms with Crippen LogP contribution in [-0.2, 0) is 4.79 Å². The molecule has 0 fully saturated rings. The van der Waals surface area contributed by atoms with Crippen LogP contribution in [0.4, 0.5) is 0 Å². The van der Waals surface area contributed by atoms with Crippen molar-refractivity contribution < 1.29 is 9.90 Å². The highest BCUT2D eigenvalue weighted by Crippen LogP contribution is 2.08. The van der Waals surface area contributed by atoms with Crippen LogP contribution in [0.1, 0.15) is 46.0 Å². The maximum absolute atomic E-state index is 10.1. The maximum Gasteiger partial charge on any atom is 0.328 e. The zero-order valence-corrected chi connectivity index (χ0v) is 10.5. The number of aliphatic carboxylic acids is 1. The van der Waals surface area contributed by atoms with E-state index in [1.165, 1.54) is 38.2 Å². The zero-order valence-electron chi connectivity index (χ0n) is 10.5. The predicted octanol–water partition coefficient (Wildman–Crippen LogP) is 2.82. The molecule has 0 aromatic heterocycles. The van der Waals surface area contributed by atoms with Gasteiger partial charge in [-0.3, -0.25) is 0 Å². The number of hydrogen-bond donors (Lipinski definition) is 2. The first-order valence-electron chi connectivity index (χ1n) is 6.23. The van der Waals surface area contributed by atoms with E-state index in [1.807, 2.05) is 0 Å². The molecule has 0 aliphatic rings. The first-order valence-corrected chi connectivity index (χ1v) is 6.23. The van der Waals surface area contributed by atoms with Crippen molar-refractivity contribution in [3.05, 3.63) is 12.2 Å². The van der Waals surface area contributed by atoms with Crippen LogP contribution in [0.2, 0.25) is 0 Å². The quantitative estimate of drug-likeness (QED) is 0.445. The predicted molar refractivity (Wildman–Crippen MR) is 67.6 cm³/mol. The number of carbonyl (C=O) groups is 1. The normalized spacial score (nSPS) is 11.4. The molecule has 0 rings (SSSR count). The summed E-state index contributed by atoms with van der Waals surface area (Å²) in [6, 6.07) is 0. The van der Waals surface area contributed by atoms with E-state index in [2.05, 4.69) is 19.2 Å². The Hall–Kier alpha value is -0.830. The SMILES string of the molecule is CC(C)CCCCCCNC/C=C/C(=O)O. The van der Waals surface area contributed by atoms with Gasteiger partial charge in [0, 0.05) is 12.6 Å². The molecule has 16 heavy (non-hydrogen) atoms. The zero-order chi connectivity index (χ0) is 12.2. The molecule has 0 aromatic rings.